The van der Waals surface area contributed by atoms with E-state index >= 15 is 0 Å². The van der Waals surface area contributed by atoms with Gasteiger partial charge in [0, 0.05) is 5.02 Å². The zero-order valence-corrected chi connectivity index (χ0v) is 8.60. The number of aliphatic hydroxyl groups is 1. The van der Waals surface area contributed by atoms with Gasteiger partial charge in [-0.05, 0) is 36.6 Å². The second-order valence-corrected chi connectivity index (χ2v) is 3.66. The van der Waals surface area contributed by atoms with Crippen LogP contribution in [0.1, 0.15) is 24.2 Å². The van der Waals surface area contributed by atoms with Gasteiger partial charge >= 0.3 is 0 Å². The highest BCUT2D eigenvalue weighted by atomic mass is 35.5. The molecule has 0 aliphatic carbocycles. The van der Waals surface area contributed by atoms with Crippen LogP contribution in [0.4, 0.5) is 0 Å². The van der Waals surface area contributed by atoms with Crippen LogP contribution in [0.3, 0.4) is 0 Å². The zero-order valence-electron chi connectivity index (χ0n) is 7.84. The molecule has 0 heterocycles. The summed E-state index contributed by atoms with van der Waals surface area (Å²) in [5, 5.41) is 10.4. The molecule has 0 saturated heterocycles. The van der Waals surface area contributed by atoms with Crippen LogP contribution in [0.5, 0.6) is 0 Å². The van der Waals surface area contributed by atoms with E-state index in [1.165, 1.54) is 0 Å². The Bertz CT molecular complexity index is 331. The second-order valence-electron chi connectivity index (χ2n) is 3.26. The monoisotopic (exact) mass is 196 g/mol. The van der Waals surface area contributed by atoms with Gasteiger partial charge in [0.05, 0.1) is 6.10 Å². The first kappa shape index (κ1) is 10.3. The van der Waals surface area contributed by atoms with Gasteiger partial charge in [-0.25, -0.2) is 0 Å². The minimum absolute atomic E-state index is 0.587. The van der Waals surface area contributed by atoms with Crippen molar-refractivity contribution >= 4 is 11.6 Å². The van der Waals surface area contributed by atoms with Gasteiger partial charge in [0.2, 0.25) is 0 Å². The average molecular weight is 197 g/mol. The molecule has 0 spiro atoms. The highest BCUT2D eigenvalue weighted by Crippen LogP contribution is 2.24. The lowest BCUT2D eigenvalue weighted by Crippen LogP contribution is -1.98. The van der Waals surface area contributed by atoms with Gasteiger partial charge in [0.1, 0.15) is 0 Å². The van der Waals surface area contributed by atoms with E-state index in [1.54, 1.807) is 13.0 Å². The Labute approximate surface area is 83.7 Å². The molecule has 1 rings (SSSR count). The number of hydrogen-bond donors (Lipinski definition) is 1. The third kappa shape index (κ3) is 2.33. The van der Waals surface area contributed by atoms with Gasteiger partial charge in [-0.15, -0.1) is 0 Å². The number of aryl methyl sites for hydroxylation is 1. The number of rotatable bonds is 2. The van der Waals surface area contributed by atoms with E-state index in [0.29, 0.717) is 0 Å². The van der Waals surface area contributed by atoms with Crippen LogP contribution in [0.2, 0.25) is 5.02 Å². The van der Waals surface area contributed by atoms with Crippen LogP contribution in [0, 0.1) is 6.92 Å². The SMILES string of the molecule is C=C(C)C(O)c1ccc(Cl)c(C)c1. The highest BCUT2D eigenvalue weighted by molar-refractivity contribution is 6.31. The summed E-state index contributed by atoms with van der Waals surface area (Å²) in [7, 11) is 0. The van der Waals surface area contributed by atoms with Gasteiger partial charge in [-0.3, -0.25) is 0 Å². The lowest BCUT2D eigenvalue weighted by Gasteiger charge is -2.11. The highest BCUT2D eigenvalue weighted by Gasteiger charge is 2.08. The molecule has 0 bridgehead atoms. The maximum atomic E-state index is 9.67. The maximum absolute atomic E-state index is 9.67. The normalized spacial score (nSPS) is 12.6. The molecule has 1 aromatic carbocycles. The van der Waals surface area contributed by atoms with Crippen molar-refractivity contribution in [2.75, 3.05) is 0 Å². The molecule has 0 radical (unpaired) electrons. The molecule has 0 aromatic heterocycles. The van der Waals surface area contributed by atoms with Crippen molar-refractivity contribution in [1.29, 1.82) is 0 Å². The lowest BCUT2D eigenvalue weighted by atomic mass is 10.0. The minimum atomic E-state index is -0.587. The predicted octanol–water partition coefficient (Wildman–Crippen LogP) is 3.26. The summed E-state index contributed by atoms with van der Waals surface area (Å²) in [5.41, 5.74) is 2.55. The molecule has 70 valence electrons. The molecular formula is C11H13ClO. The van der Waals surface area contributed by atoms with Gasteiger partial charge < -0.3 is 5.11 Å². The summed E-state index contributed by atoms with van der Waals surface area (Å²) < 4.78 is 0. The van der Waals surface area contributed by atoms with Crippen molar-refractivity contribution < 1.29 is 5.11 Å². The molecular weight excluding hydrogens is 184 g/mol. The van der Waals surface area contributed by atoms with E-state index in [2.05, 4.69) is 6.58 Å². The summed E-state index contributed by atoms with van der Waals surface area (Å²) in [5.74, 6) is 0. The summed E-state index contributed by atoms with van der Waals surface area (Å²) >= 11 is 5.86. The smallest absolute Gasteiger partial charge is 0.0995 e. The van der Waals surface area contributed by atoms with Crippen LogP contribution >= 0.6 is 11.6 Å². The fourth-order valence-electron chi connectivity index (χ4n) is 1.12. The molecule has 0 aliphatic rings. The van der Waals surface area contributed by atoms with E-state index in [4.69, 9.17) is 11.6 Å². The van der Waals surface area contributed by atoms with Crippen molar-refractivity contribution in [3.63, 3.8) is 0 Å². The quantitative estimate of drug-likeness (QED) is 0.720. The first-order chi connectivity index (χ1) is 6.02. The summed E-state index contributed by atoms with van der Waals surface area (Å²) in [6.45, 7) is 7.41. The summed E-state index contributed by atoms with van der Waals surface area (Å²) in [4.78, 5) is 0. The van der Waals surface area contributed by atoms with E-state index in [9.17, 15) is 5.11 Å². The van der Waals surface area contributed by atoms with Crippen molar-refractivity contribution in [3.05, 3.63) is 46.5 Å². The molecule has 0 aliphatic heterocycles. The van der Waals surface area contributed by atoms with Crippen molar-refractivity contribution in [2.45, 2.75) is 20.0 Å². The van der Waals surface area contributed by atoms with E-state index in [0.717, 1.165) is 21.7 Å². The fourth-order valence-corrected chi connectivity index (χ4v) is 1.24. The van der Waals surface area contributed by atoms with Crippen LogP contribution in [0.25, 0.3) is 0 Å². The summed E-state index contributed by atoms with van der Waals surface area (Å²) in [6.07, 6.45) is -0.587. The van der Waals surface area contributed by atoms with E-state index in [-0.39, 0.29) is 0 Å². The Kier molecular flexibility index (Phi) is 3.12. The number of aliphatic hydroxyl groups excluding tert-OH is 1. The molecule has 1 nitrogen and oxygen atoms in total. The molecule has 1 N–H and O–H groups in total. The molecule has 1 unspecified atom stereocenters. The zero-order chi connectivity index (χ0) is 10.0. The lowest BCUT2D eigenvalue weighted by molar-refractivity contribution is 0.216. The van der Waals surface area contributed by atoms with Crippen LogP contribution < -0.4 is 0 Å². The number of halogens is 1. The van der Waals surface area contributed by atoms with Gasteiger partial charge in [-0.1, -0.05) is 30.3 Å². The van der Waals surface area contributed by atoms with E-state index < -0.39 is 6.10 Å². The summed E-state index contributed by atoms with van der Waals surface area (Å²) in [6, 6.07) is 5.48. The van der Waals surface area contributed by atoms with Crippen molar-refractivity contribution in [1.82, 2.24) is 0 Å². The third-order valence-corrected chi connectivity index (χ3v) is 2.39. The second kappa shape index (κ2) is 3.95. The standard InChI is InChI=1S/C11H13ClO/c1-7(2)11(13)9-4-5-10(12)8(3)6-9/h4-6,11,13H,1H2,2-3H3. The molecule has 2 heteroatoms. The van der Waals surface area contributed by atoms with Crippen molar-refractivity contribution in [3.8, 4) is 0 Å². The van der Waals surface area contributed by atoms with Crippen LogP contribution in [-0.2, 0) is 0 Å². The van der Waals surface area contributed by atoms with Crippen LogP contribution in [-0.4, -0.2) is 5.11 Å². The minimum Gasteiger partial charge on any atom is -0.384 e. The largest absolute Gasteiger partial charge is 0.384 e. The van der Waals surface area contributed by atoms with Gasteiger partial charge in [0.25, 0.3) is 0 Å². The molecule has 0 fully saturated rings. The Morgan fingerprint density at radius 1 is 1.54 bits per heavy atom. The Morgan fingerprint density at radius 3 is 2.62 bits per heavy atom. The van der Waals surface area contributed by atoms with Gasteiger partial charge in [0.15, 0.2) is 0 Å². The predicted molar refractivity (Wildman–Crippen MR) is 56.0 cm³/mol. The fraction of sp³-hybridized carbons (Fsp3) is 0.273. The molecule has 1 aromatic rings. The number of benzene rings is 1. The van der Waals surface area contributed by atoms with E-state index in [1.807, 2.05) is 19.1 Å². The Balaban J connectivity index is 3.03. The van der Waals surface area contributed by atoms with Crippen molar-refractivity contribution in [2.24, 2.45) is 0 Å². The van der Waals surface area contributed by atoms with Gasteiger partial charge in [-0.2, -0.15) is 0 Å². The topological polar surface area (TPSA) is 20.2 Å². The first-order valence-electron chi connectivity index (χ1n) is 4.12. The maximum Gasteiger partial charge on any atom is 0.0995 e. The Hall–Kier alpha value is -0.790. The molecule has 13 heavy (non-hydrogen) atoms. The number of hydrogen-bond acceptors (Lipinski definition) is 1. The Morgan fingerprint density at radius 2 is 2.15 bits per heavy atom. The molecule has 0 amide bonds. The average Bonchev–Trinajstić information content (AvgIpc) is 2.08. The third-order valence-electron chi connectivity index (χ3n) is 1.96. The molecule has 0 saturated carbocycles. The van der Waals surface area contributed by atoms with Crippen LogP contribution in [0.15, 0.2) is 30.4 Å². The first-order valence-corrected chi connectivity index (χ1v) is 4.49. The molecule has 1 atom stereocenters.